The van der Waals surface area contributed by atoms with Gasteiger partial charge in [-0.1, -0.05) is 0 Å². The van der Waals surface area contributed by atoms with Crippen molar-refractivity contribution in [2.75, 3.05) is 33.4 Å². The molecule has 1 aliphatic heterocycles. The number of methoxy groups -OCH3 is 1. The van der Waals surface area contributed by atoms with E-state index in [0.717, 1.165) is 32.4 Å². The fourth-order valence-corrected chi connectivity index (χ4v) is 2.69. The van der Waals surface area contributed by atoms with Gasteiger partial charge in [0.2, 0.25) is 0 Å². The number of likely N-dealkylation sites (tertiary alicyclic amines) is 1. The Balaban J connectivity index is 2.44. The minimum Gasteiger partial charge on any atom is -0.481 e. The van der Waals surface area contributed by atoms with E-state index >= 15 is 0 Å². The van der Waals surface area contributed by atoms with Crippen LogP contribution in [0.25, 0.3) is 0 Å². The van der Waals surface area contributed by atoms with Crippen molar-refractivity contribution >= 4 is 12.0 Å². The highest BCUT2D eigenvalue weighted by atomic mass is 16.5. The summed E-state index contributed by atoms with van der Waals surface area (Å²) in [5.74, 6) is -0.310. The van der Waals surface area contributed by atoms with Crippen LogP contribution in [0.2, 0.25) is 0 Å². The van der Waals surface area contributed by atoms with Crippen molar-refractivity contribution in [3.8, 4) is 0 Å². The summed E-state index contributed by atoms with van der Waals surface area (Å²) in [7, 11) is 1.64. The van der Waals surface area contributed by atoms with Crippen molar-refractivity contribution in [1.29, 1.82) is 0 Å². The number of carbonyl (C=O) groups excluding carboxylic acids is 1. The molecule has 0 aromatic rings. The number of urea groups is 1. The van der Waals surface area contributed by atoms with Gasteiger partial charge in [-0.25, -0.2) is 4.79 Å². The molecular weight excluding hydrogens is 272 g/mol. The number of piperidine rings is 1. The number of carboxylic acid groups (broad SMARTS) is 1. The maximum Gasteiger partial charge on any atom is 0.320 e. The van der Waals surface area contributed by atoms with Crippen LogP contribution in [0.5, 0.6) is 0 Å². The Kier molecular flexibility index (Phi) is 7.50. The van der Waals surface area contributed by atoms with Gasteiger partial charge in [0.05, 0.1) is 6.61 Å². The van der Waals surface area contributed by atoms with Gasteiger partial charge in [0.15, 0.2) is 0 Å². The van der Waals surface area contributed by atoms with Crippen molar-refractivity contribution in [1.82, 2.24) is 9.80 Å². The second kappa shape index (κ2) is 8.87. The Morgan fingerprint density at radius 2 is 1.95 bits per heavy atom. The van der Waals surface area contributed by atoms with Crippen molar-refractivity contribution in [2.24, 2.45) is 5.92 Å². The molecule has 0 atom stereocenters. The summed E-state index contributed by atoms with van der Waals surface area (Å²) in [6.45, 7) is 6.60. The van der Waals surface area contributed by atoms with Crippen molar-refractivity contribution in [2.45, 2.75) is 45.6 Å². The van der Waals surface area contributed by atoms with E-state index in [1.165, 1.54) is 0 Å². The molecule has 0 bridgehead atoms. The topological polar surface area (TPSA) is 70.1 Å². The van der Waals surface area contributed by atoms with Gasteiger partial charge < -0.3 is 19.6 Å². The van der Waals surface area contributed by atoms with E-state index in [4.69, 9.17) is 9.84 Å². The van der Waals surface area contributed by atoms with E-state index in [1.54, 1.807) is 7.11 Å². The number of nitrogens with zero attached hydrogens (tertiary/aromatic N) is 2. The Labute approximate surface area is 127 Å². The molecule has 0 radical (unpaired) electrons. The molecule has 1 N–H and O–H groups in total. The van der Waals surface area contributed by atoms with Crippen LogP contribution in [-0.4, -0.2) is 66.3 Å². The van der Waals surface area contributed by atoms with Crippen LogP contribution >= 0.6 is 0 Å². The smallest absolute Gasteiger partial charge is 0.320 e. The molecule has 1 heterocycles. The van der Waals surface area contributed by atoms with Gasteiger partial charge in [0.1, 0.15) is 0 Å². The molecule has 0 aliphatic carbocycles. The third kappa shape index (κ3) is 5.91. The van der Waals surface area contributed by atoms with Crippen molar-refractivity contribution in [3.05, 3.63) is 0 Å². The van der Waals surface area contributed by atoms with E-state index in [9.17, 15) is 9.59 Å². The van der Waals surface area contributed by atoms with Crippen LogP contribution in [-0.2, 0) is 9.53 Å². The predicted molar refractivity (Wildman–Crippen MR) is 80.3 cm³/mol. The van der Waals surface area contributed by atoms with Gasteiger partial charge in [-0.2, -0.15) is 0 Å². The van der Waals surface area contributed by atoms with Crippen molar-refractivity contribution in [3.63, 3.8) is 0 Å². The number of hydrogen-bond acceptors (Lipinski definition) is 3. The van der Waals surface area contributed by atoms with E-state index in [1.807, 2.05) is 23.6 Å². The molecule has 0 unspecified atom stereocenters. The first-order chi connectivity index (χ1) is 9.95. The minimum absolute atomic E-state index is 0.0683. The fourth-order valence-electron chi connectivity index (χ4n) is 2.69. The Morgan fingerprint density at radius 3 is 2.43 bits per heavy atom. The molecule has 2 amide bonds. The van der Waals surface area contributed by atoms with Crippen LogP contribution in [0.3, 0.4) is 0 Å². The highest BCUT2D eigenvalue weighted by Crippen LogP contribution is 2.23. The van der Waals surface area contributed by atoms with Gasteiger partial charge in [-0.15, -0.1) is 0 Å². The van der Waals surface area contributed by atoms with E-state index in [-0.39, 0.29) is 18.5 Å². The molecule has 122 valence electrons. The zero-order valence-corrected chi connectivity index (χ0v) is 13.4. The van der Waals surface area contributed by atoms with Gasteiger partial charge in [-0.05, 0) is 39.0 Å². The third-order valence-corrected chi connectivity index (χ3v) is 4.06. The normalized spacial score (nSPS) is 16.3. The van der Waals surface area contributed by atoms with Crippen LogP contribution in [0.4, 0.5) is 4.79 Å². The molecule has 1 aliphatic rings. The number of rotatable bonds is 7. The lowest BCUT2D eigenvalue weighted by molar-refractivity contribution is -0.137. The average molecular weight is 300 g/mol. The Morgan fingerprint density at radius 1 is 1.33 bits per heavy atom. The third-order valence-electron chi connectivity index (χ3n) is 4.06. The molecule has 6 heteroatoms. The van der Waals surface area contributed by atoms with Gasteiger partial charge in [-0.3, -0.25) is 4.79 Å². The standard InChI is InChI=1S/C15H28N2O4/c1-12(2)17(10-11-21-3)15(20)16-8-6-13(7-9-16)4-5-14(18)19/h12-13H,4-11H2,1-3H3,(H,18,19). The van der Waals surface area contributed by atoms with Gasteiger partial charge >= 0.3 is 12.0 Å². The number of ether oxygens (including phenoxy) is 1. The maximum absolute atomic E-state index is 12.5. The Bertz CT molecular complexity index is 339. The number of carbonyl (C=O) groups is 2. The SMILES string of the molecule is COCCN(C(=O)N1CCC(CCC(=O)O)CC1)C(C)C. The van der Waals surface area contributed by atoms with Crippen LogP contribution < -0.4 is 0 Å². The summed E-state index contributed by atoms with van der Waals surface area (Å²) >= 11 is 0. The summed E-state index contributed by atoms with van der Waals surface area (Å²) < 4.78 is 5.06. The molecular formula is C15H28N2O4. The second-order valence-electron chi connectivity index (χ2n) is 5.93. The highest BCUT2D eigenvalue weighted by molar-refractivity contribution is 5.74. The fraction of sp³-hybridized carbons (Fsp3) is 0.867. The summed E-state index contributed by atoms with van der Waals surface area (Å²) in [5, 5.41) is 8.72. The second-order valence-corrected chi connectivity index (χ2v) is 5.93. The predicted octanol–water partition coefficient (Wildman–Crippen LogP) is 2.04. The molecule has 6 nitrogen and oxygen atoms in total. The molecule has 1 fully saturated rings. The zero-order chi connectivity index (χ0) is 15.8. The molecule has 0 saturated carbocycles. The molecule has 1 rings (SSSR count). The largest absolute Gasteiger partial charge is 0.481 e. The quantitative estimate of drug-likeness (QED) is 0.781. The molecule has 0 spiro atoms. The number of carboxylic acids is 1. The first kappa shape index (κ1) is 17.8. The zero-order valence-electron chi connectivity index (χ0n) is 13.4. The highest BCUT2D eigenvalue weighted by Gasteiger charge is 2.27. The van der Waals surface area contributed by atoms with Crippen molar-refractivity contribution < 1.29 is 19.4 Å². The Hall–Kier alpha value is -1.30. The van der Waals surface area contributed by atoms with Gasteiger partial charge in [0, 0.05) is 39.2 Å². The summed E-state index contributed by atoms with van der Waals surface area (Å²) in [5.41, 5.74) is 0. The summed E-state index contributed by atoms with van der Waals surface area (Å²) in [6, 6.07) is 0.219. The first-order valence-electron chi connectivity index (χ1n) is 7.72. The molecule has 0 aromatic heterocycles. The van der Waals surface area contributed by atoms with E-state index in [2.05, 4.69) is 0 Å². The van der Waals surface area contributed by atoms with Crippen LogP contribution in [0, 0.1) is 5.92 Å². The molecule has 21 heavy (non-hydrogen) atoms. The monoisotopic (exact) mass is 300 g/mol. The first-order valence-corrected chi connectivity index (χ1v) is 7.72. The lowest BCUT2D eigenvalue weighted by Gasteiger charge is -2.37. The molecule has 0 aromatic carbocycles. The lowest BCUT2D eigenvalue weighted by atomic mass is 9.92. The minimum atomic E-state index is -0.737. The average Bonchev–Trinajstić information content (AvgIpc) is 2.45. The van der Waals surface area contributed by atoms with Crippen LogP contribution in [0.1, 0.15) is 39.5 Å². The van der Waals surface area contributed by atoms with E-state index < -0.39 is 5.97 Å². The summed E-state index contributed by atoms with van der Waals surface area (Å²) in [6.07, 6.45) is 2.74. The number of aliphatic carboxylic acids is 1. The van der Waals surface area contributed by atoms with E-state index in [0.29, 0.717) is 19.1 Å². The van der Waals surface area contributed by atoms with Gasteiger partial charge in [0.25, 0.3) is 0 Å². The maximum atomic E-state index is 12.5. The number of hydrogen-bond donors (Lipinski definition) is 1. The molecule has 1 saturated heterocycles. The van der Waals surface area contributed by atoms with Crippen LogP contribution in [0.15, 0.2) is 0 Å². The lowest BCUT2D eigenvalue weighted by Crippen LogP contribution is -2.50. The number of amides is 2. The summed E-state index contributed by atoms with van der Waals surface area (Å²) in [4.78, 5) is 26.8.